The Morgan fingerprint density at radius 3 is 2.71 bits per heavy atom. The van der Waals surface area contributed by atoms with Crippen LogP contribution in [0.2, 0.25) is 0 Å². The molecule has 17 heavy (non-hydrogen) atoms. The molecule has 0 radical (unpaired) electrons. The van der Waals surface area contributed by atoms with Gasteiger partial charge in [-0.2, -0.15) is 5.26 Å². The molecule has 0 saturated carbocycles. The zero-order valence-corrected chi connectivity index (χ0v) is 10.4. The Bertz CT molecular complexity index is 483. The van der Waals surface area contributed by atoms with Gasteiger partial charge in [-0.25, -0.2) is 13.6 Å². The van der Waals surface area contributed by atoms with Gasteiger partial charge in [0.15, 0.2) is 0 Å². The van der Waals surface area contributed by atoms with Crippen LogP contribution in [0.4, 0.5) is 8.78 Å². The van der Waals surface area contributed by atoms with Crippen LogP contribution in [0.15, 0.2) is 16.6 Å². The number of hydrogen-bond donors (Lipinski definition) is 0. The summed E-state index contributed by atoms with van der Waals surface area (Å²) in [5.41, 5.74) is -0.625. The molecule has 0 spiro atoms. The lowest BCUT2D eigenvalue weighted by molar-refractivity contribution is 0.0515. The van der Waals surface area contributed by atoms with Crippen molar-refractivity contribution in [3.8, 4) is 6.07 Å². The molecule has 0 fully saturated rings. The summed E-state index contributed by atoms with van der Waals surface area (Å²) >= 11 is 2.92. The van der Waals surface area contributed by atoms with Gasteiger partial charge in [-0.05, 0) is 19.1 Å². The van der Waals surface area contributed by atoms with Gasteiger partial charge in [-0.15, -0.1) is 0 Å². The van der Waals surface area contributed by atoms with Crippen molar-refractivity contribution in [2.45, 2.75) is 13.3 Å². The molecule has 0 aromatic heterocycles. The summed E-state index contributed by atoms with van der Waals surface area (Å²) in [6, 6.07) is 4.13. The van der Waals surface area contributed by atoms with Crippen LogP contribution in [0.5, 0.6) is 0 Å². The van der Waals surface area contributed by atoms with Gasteiger partial charge in [0, 0.05) is 10.0 Å². The van der Waals surface area contributed by atoms with Crippen LogP contribution in [0.3, 0.4) is 0 Å². The molecule has 0 aliphatic carbocycles. The van der Waals surface area contributed by atoms with Crippen LogP contribution in [0.1, 0.15) is 34.8 Å². The number of benzene rings is 1. The molecule has 90 valence electrons. The number of carbonyl (C=O) groups excluding carboxylic acids is 1. The summed E-state index contributed by atoms with van der Waals surface area (Å²) in [4.78, 5) is 11.5. The molecule has 0 amide bonds. The third kappa shape index (κ3) is 3.01. The number of nitriles is 1. The molecule has 1 rings (SSSR count). The van der Waals surface area contributed by atoms with Gasteiger partial charge in [-0.1, -0.05) is 15.9 Å². The molecule has 0 N–H and O–H groups in total. The fourth-order valence-electron chi connectivity index (χ4n) is 1.28. The van der Waals surface area contributed by atoms with Crippen molar-refractivity contribution in [2.24, 2.45) is 0 Å². The van der Waals surface area contributed by atoms with E-state index in [9.17, 15) is 13.6 Å². The first-order valence-electron chi connectivity index (χ1n) is 4.70. The number of rotatable bonds is 3. The maximum absolute atomic E-state index is 12.8. The molecule has 3 nitrogen and oxygen atoms in total. The van der Waals surface area contributed by atoms with Gasteiger partial charge >= 0.3 is 5.97 Å². The predicted octanol–water partition coefficient (Wildman–Crippen LogP) is 3.44. The number of hydrogen-bond acceptors (Lipinski definition) is 3. The fourth-order valence-corrected chi connectivity index (χ4v) is 1.92. The van der Waals surface area contributed by atoms with E-state index in [-0.39, 0.29) is 22.2 Å². The Balaban J connectivity index is 3.38. The molecule has 1 aromatic rings. The second-order valence-electron chi connectivity index (χ2n) is 3.05. The molecular weight excluding hydrogens is 296 g/mol. The first-order chi connectivity index (χ1) is 8.01. The molecule has 0 aliphatic rings. The Labute approximate surface area is 105 Å². The highest BCUT2D eigenvalue weighted by molar-refractivity contribution is 9.10. The third-order valence-corrected chi connectivity index (χ3v) is 2.63. The van der Waals surface area contributed by atoms with Gasteiger partial charge < -0.3 is 4.74 Å². The minimum absolute atomic E-state index is 0.0228. The van der Waals surface area contributed by atoms with Gasteiger partial charge in [0.2, 0.25) is 0 Å². The van der Waals surface area contributed by atoms with Crippen molar-refractivity contribution < 1.29 is 18.3 Å². The van der Waals surface area contributed by atoms with Crippen LogP contribution < -0.4 is 0 Å². The smallest absolute Gasteiger partial charge is 0.338 e. The van der Waals surface area contributed by atoms with E-state index in [1.54, 1.807) is 13.0 Å². The third-order valence-electron chi connectivity index (χ3n) is 1.97. The van der Waals surface area contributed by atoms with Gasteiger partial charge in [0.25, 0.3) is 6.43 Å². The molecule has 0 bridgehead atoms. The minimum Gasteiger partial charge on any atom is -0.462 e. The topological polar surface area (TPSA) is 50.1 Å². The first kappa shape index (κ1) is 13.6. The number of nitrogens with zero attached hydrogens (tertiary/aromatic N) is 1. The maximum Gasteiger partial charge on any atom is 0.338 e. The summed E-state index contributed by atoms with van der Waals surface area (Å²) in [6.07, 6.45) is -2.82. The Kier molecular flexibility index (Phi) is 4.58. The van der Waals surface area contributed by atoms with Crippen molar-refractivity contribution in [3.63, 3.8) is 0 Å². The van der Waals surface area contributed by atoms with E-state index in [1.807, 2.05) is 0 Å². The Hall–Kier alpha value is -1.48. The summed E-state index contributed by atoms with van der Waals surface area (Å²) in [5.74, 6) is -0.861. The summed E-state index contributed by atoms with van der Waals surface area (Å²) in [5, 5.41) is 8.72. The van der Waals surface area contributed by atoms with Crippen molar-refractivity contribution in [1.29, 1.82) is 5.26 Å². The van der Waals surface area contributed by atoms with E-state index < -0.39 is 18.0 Å². The lowest BCUT2D eigenvalue weighted by Crippen LogP contribution is -2.09. The monoisotopic (exact) mass is 303 g/mol. The molecule has 0 atom stereocenters. The molecule has 6 heteroatoms. The quantitative estimate of drug-likeness (QED) is 0.804. The number of carbonyl (C=O) groups is 1. The summed E-state index contributed by atoms with van der Waals surface area (Å²) in [7, 11) is 0. The lowest BCUT2D eigenvalue weighted by atomic mass is 10.0. The Morgan fingerprint density at radius 1 is 1.59 bits per heavy atom. The number of alkyl halides is 2. The van der Waals surface area contributed by atoms with Gasteiger partial charge in [0.05, 0.1) is 23.8 Å². The van der Waals surface area contributed by atoms with Gasteiger partial charge in [-0.3, -0.25) is 0 Å². The van der Waals surface area contributed by atoms with Crippen LogP contribution in [-0.2, 0) is 4.74 Å². The second kappa shape index (κ2) is 5.73. The van der Waals surface area contributed by atoms with Crippen molar-refractivity contribution in [2.75, 3.05) is 6.61 Å². The van der Waals surface area contributed by atoms with E-state index in [0.29, 0.717) is 0 Å². The maximum atomic E-state index is 12.8. The SMILES string of the molecule is CCOC(=O)c1cc(C#N)cc(Br)c1C(F)F. The number of ether oxygens (including phenoxy) is 1. The van der Waals surface area contributed by atoms with Gasteiger partial charge in [0.1, 0.15) is 0 Å². The molecular formula is C11H8BrF2NO2. The van der Waals surface area contributed by atoms with E-state index in [4.69, 9.17) is 5.26 Å². The number of esters is 1. The standard InChI is InChI=1S/C11H8BrF2NO2/c1-2-17-11(16)7-3-6(5-15)4-8(12)9(7)10(13)14/h3-4,10H,2H2,1H3. The highest BCUT2D eigenvalue weighted by Gasteiger charge is 2.23. The predicted molar refractivity (Wildman–Crippen MR) is 59.8 cm³/mol. The molecule has 0 heterocycles. The fraction of sp³-hybridized carbons (Fsp3) is 0.273. The van der Waals surface area contributed by atoms with E-state index in [0.717, 1.165) is 6.07 Å². The average molecular weight is 304 g/mol. The Morgan fingerprint density at radius 2 is 2.24 bits per heavy atom. The minimum atomic E-state index is -2.82. The first-order valence-corrected chi connectivity index (χ1v) is 5.49. The highest BCUT2D eigenvalue weighted by atomic mass is 79.9. The normalized spacial score (nSPS) is 10.1. The van der Waals surface area contributed by atoms with E-state index in [2.05, 4.69) is 20.7 Å². The molecule has 1 aromatic carbocycles. The van der Waals surface area contributed by atoms with E-state index in [1.165, 1.54) is 6.07 Å². The highest BCUT2D eigenvalue weighted by Crippen LogP contribution is 2.32. The second-order valence-corrected chi connectivity index (χ2v) is 3.91. The lowest BCUT2D eigenvalue weighted by Gasteiger charge is -2.10. The zero-order chi connectivity index (χ0) is 13.0. The van der Waals surface area contributed by atoms with Crippen molar-refractivity contribution in [3.05, 3.63) is 33.3 Å². The zero-order valence-electron chi connectivity index (χ0n) is 8.84. The van der Waals surface area contributed by atoms with Crippen molar-refractivity contribution >= 4 is 21.9 Å². The molecule has 0 saturated heterocycles. The average Bonchev–Trinajstić information content (AvgIpc) is 2.27. The summed E-state index contributed by atoms with van der Waals surface area (Å²) < 4.78 is 30.3. The van der Waals surface area contributed by atoms with Crippen LogP contribution in [0.25, 0.3) is 0 Å². The van der Waals surface area contributed by atoms with Crippen molar-refractivity contribution in [1.82, 2.24) is 0 Å². The number of halogens is 3. The van der Waals surface area contributed by atoms with Crippen LogP contribution >= 0.6 is 15.9 Å². The molecule has 0 unspecified atom stereocenters. The van der Waals surface area contributed by atoms with E-state index >= 15 is 0 Å². The molecule has 0 aliphatic heterocycles. The summed E-state index contributed by atoms with van der Waals surface area (Å²) in [6.45, 7) is 1.65. The van der Waals surface area contributed by atoms with Crippen LogP contribution in [-0.4, -0.2) is 12.6 Å². The largest absolute Gasteiger partial charge is 0.462 e. The van der Waals surface area contributed by atoms with Crippen LogP contribution in [0, 0.1) is 11.3 Å².